The van der Waals surface area contributed by atoms with Gasteiger partial charge in [0.15, 0.2) is 5.82 Å². The molecule has 0 unspecified atom stereocenters. The average Bonchev–Trinajstić information content (AvgIpc) is 2.87. The van der Waals surface area contributed by atoms with E-state index in [0.717, 1.165) is 22.2 Å². The lowest BCUT2D eigenvalue weighted by Crippen LogP contribution is -1.89. The molecule has 0 saturated carbocycles. The number of benzene rings is 1. The van der Waals surface area contributed by atoms with E-state index in [9.17, 15) is 0 Å². The number of halogens is 1. The molecule has 0 aliphatic carbocycles. The van der Waals surface area contributed by atoms with E-state index in [1.54, 1.807) is 11.3 Å². The third-order valence-electron chi connectivity index (χ3n) is 2.79. The first-order chi connectivity index (χ1) is 8.78. The molecule has 0 N–H and O–H groups in total. The molecular formula is C14H11ClN2S. The number of hydrogen-bond donors (Lipinski definition) is 0. The first-order valence-corrected chi connectivity index (χ1v) is 6.98. The summed E-state index contributed by atoms with van der Waals surface area (Å²) in [5.41, 5.74) is 0.888. The van der Waals surface area contributed by atoms with E-state index in [4.69, 9.17) is 11.6 Å². The Bertz CT molecular complexity index is 706. The molecule has 3 rings (SSSR count). The molecule has 0 saturated heterocycles. The van der Waals surface area contributed by atoms with Gasteiger partial charge in [-0.3, -0.25) is 0 Å². The number of thiophene rings is 1. The minimum Gasteiger partial charge on any atom is -0.227 e. The van der Waals surface area contributed by atoms with Crippen molar-refractivity contribution in [2.75, 3.05) is 0 Å². The predicted molar refractivity (Wildman–Crippen MR) is 77.2 cm³/mol. The van der Waals surface area contributed by atoms with Crippen molar-refractivity contribution < 1.29 is 0 Å². The van der Waals surface area contributed by atoms with Crippen molar-refractivity contribution in [1.29, 1.82) is 0 Å². The Morgan fingerprint density at radius 3 is 2.72 bits per heavy atom. The number of aromatic nitrogens is 2. The predicted octanol–water partition coefficient (Wildman–Crippen LogP) is 4.57. The van der Waals surface area contributed by atoms with Crippen molar-refractivity contribution in [2.24, 2.45) is 0 Å². The number of rotatable bonds is 2. The second kappa shape index (κ2) is 4.67. The van der Waals surface area contributed by atoms with Crippen molar-refractivity contribution in [3.63, 3.8) is 0 Å². The van der Waals surface area contributed by atoms with E-state index >= 15 is 0 Å². The van der Waals surface area contributed by atoms with Crippen LogP contribution in [0.15, 0.2) is 36.4 Å². The number of fused-ring (bicyclic) bond motifs is 1. The van der Waals surface area contributed by atoms with E-state index in [-0.39, 0.29) is 0 Å². The highest BCUT2D eigenvalue weighted by atomic mass is 35.5. The molecule has 0 fully saturated rings. The van der Waals surface area contributed by atoms with Crippen LogP contribution in [0.5, 0.6) is 0 Å². The van der Waals surface area contributed by atoms with E-state index in [2.05, 4.69) is 29.0 Å². The summed E-state index contributed by atoms with van der Waals surface area (Å²) in [6.07, 6.45) is 1.03. The van der Waals surface area contributed by atoms with Gasteiger partial charge in [-0.1, -0.05) is 30.7 Å². The minimum atomic E-state index is 0.516. The monoisotopic (exact) mass is 274 g/mol. The third-order valence-corrected chi connectivity index (χ3v) is 4.30. The van der Waals surface area contributed by atoms with Crippen LogP contribution in [0.25, 0.3) is 21.6 Å². The van der Waals surface area contributed by atoms with Crippen LogP contribution in [0.3, 0.4) is 0 Å². The Balaban J connectivity index is 2.18. The lowest BCUT2D eigenvalue weighted by atomic mass is 10.2. The Hall–Kier alpha value is -1.45. The molecule has 3 aromatic rings. The molecule has 2 heterocycles. The highest BCUT2D eigenvalue weighted by Gasteiger charge is 2.09. The number of aryl methyl sites for hydroxylation is 1. The Kier molecular flexibility index (Phi) is 3.02. The van der Waals surface area contributed by atoms with Crippen LogP contribution in [0, 0.1) is 0 Å². The summed E-state index contributed by atoms with van der Waals surface area (Å²) >= 11 is 7.93. The molecule has 0 spiro atoms. The van der Waals surface area contributed by atoms with Crippen molar-refractivity contribution in [2.45, 2.75) is 13.3 Å². The van der Waals surface area contributed by atoms with Crippen molar-refractivity contribution in [3.05, 3.63) is 46.4 Å². The Morgan fingerprint density at radius 2 is 1.94 bits per heavy atom. The molecule has 0 atom stereocenters. The van der Waals surface area contributed by atoms with Crippen LogP contribution < -0.4 is 0 Å². The standard InChI is InChI=1S/C14H11ClN2S/c1-2-9-7-8-12(18-9)14-16-11-6-4-3-5-10(11)13(15)17-14/h3-8H,2H2,1H3. The molecule has 18 heavy (non-hydrogen) atoms. The number of para-hydroxylation sites is 1. The van der Waals surface area contributed by atoms with E-state index in [0.29, 0.717) is 11.0 Å². The lowest BCUT2D eigenvalue weighted by molar-refractivity contribution is 1.19. The van der Waals surface area contributed by atoms with Gasteiger partial charge < -0.3 is 0 Å². The van der Waals surface area contributed by atoms with E-state index < -0.39 is 0 Å². The van der Waals surface area contributed by atoms with Gasteiger partial charge in [-0.2, -0.15) is 0 Å². The summed E-state index contributed by atoms with van der Waals surface area (Å²) in [5, 5.41) is 1.41. The third kappa shape index (κ3) is 2.00. The number of hydrogen-bond acceptors (Lipinski definition) is 3. The fourth-order valence-corrected chi connectivity index (χ4v) is 2.96. The maximum atomic E-state index is 6.21. The van der Waals surface area contributed by atoms with Gasteiger partial charge in [0, 0.05) is 10.3 Å². The second-order valence-corrected chi connectivity index (χ2v) is 5.50. The van der Waals surface area contributed by atoms with Crippen LogP contribution in [-0.4, -0.2) is 9.97 Å². The Labute approximate surface area is 114 Å². The summed E-state index contributed by atoms with van der Waals surface area (Å²) in [6, 6.07) is 12.0. The topological polar surface area (TPSA) is 25.8 Å². The molecule has 0 aliphatic heterocycles. The molecule has 2 aromatic heterocycles. The lowest BCUT2D eigenvalue weighted by Gasteiger charge is -2.02. The molecule has 90 valence electrons. The molecular weight excluding hydrogens is 264 g/mol. The maximum absolute atomic E-state index is 6.21. The SMILES string of the molecule is CCc1ccc(-c2nc(Cl)c3ccccc3n2)s1. The van der Waals surface area contributed by atoms with Gasteiger partial charge in [0.05, 0.1) is 10.4 Å². The van der Waals surface area contributed by atoms with Gasteiger partial charge in [-0.05, 0) is 30.7 Å². The summed E-state index contributed by atoms with van der Waals surface area (Å²) < 4.78 is 0. The molecule has 2 nitrogen and oxygen atoms in total. The minimum absolute atomic E-state index is 0.516. The van der Waals surface area contributed by atoms with E-state index in [1.165, 1.54) is 4.88 Å². The van der Waals surface area contributed by atoms with E-state index in [1.807, 2.05) is 24.3 Å². The smallest absolute Gasteiger partial charge is 0.171 e. The fraction of sp³-hybridized carbons (Fsp3) is 0.143. The van der Waals surface area contributed by atoms with Gasteiger partial charge in [-0.25, -0.2) is 9.97 Å². The molecule has 0 bridgehead atoms. The molecule has 0 amide bonds. The van der Waals surface area contributed by atoms with Crippen molar-refractivity contribution >= 4 is 33.8 Å². The van der Waals surface area contributed by atoms with Gasteiger partial charge in [0.2, 0.25) is 0 Å². The van der Waals surface area contributed by atoms with Gasteiger partial charge in [-0.15, -0.1) is 11.3 Å². The van der Waals surface area contributed by atoms with Crippen LogP contribution in [-0.2, 0) is 6.42 Å². The van der Waals surface area contributed by atoms with Crippen LogP contribution >= 0.6 is 22.9 Å². The van der Waals surface area contributed by atoms with Crippen LogP contribution in [0.2, 0.25) is 5.15 Å². The second-order valence-electron chi connectivity index (χ2n) is 3.97. The van der Waals surface area contributed by atoms with Gasteiger partial charge >= 0.3 is 0 Å². The maximum Gasteiger partial charge on any atom is 0.171 e. The normalized spacial score (nSPS) is 11.0. The molecule has 0 radical (unpaired) electrons. The summed E-state index contributed by atoms with van der Waals surface area (Å²) in [4.78, 5) is 11.4. The quantitative estimate of drug-likeness (QED) is 0.640. The summed E-state index contributed by atoms with van der Waals surface area (Å²) in [6.45, 7) is 2.14. The highest BCUT2D eigenvalue weighted by molar-refractivity contribution is 7.15. The highest BCUT2D eigenvalue weighted by Crippen LogP contribution is 2.29. The molecule has 4 heteroatoms. The summed E-state index contributed by atoms with van der Waals surface area (Å²) in [5.74, 6) is 0.711. The van der Waals surface area contributed by atoms with Crippen molar-refractivity contribution in [1.82, 2.24) is 9.97 Å². The molecule has 0 aliphatic rings. The number of nitrogens with zero attached hydrogens (tertiary/aromatic N) is 2. The zero-order valence-corrected chi connectivity index (χ0v) is 11.4. The molecule has 1 aromatic carbocycles. The van der Waals surface area contributed by atoms with Crippen LogP contribution in [0.1, 0.15) is 11.8 Å². The average molecular weight is 275 g/mol. The largest absolute Gasteiger partial charge is 0.227 e. The Morgan fingerprint density at radius 1 is 1.11 bits per heavy atom. The van der Waals surface area contributed by atoms with Crippen LogP contribution in [0.4, 0.5) is 0 Å². The first kappa shape index (κ1) is 11.6. The van der Waals surface area contributed by atoms with Gasteiger partial charge in [0.1, 0.15) is 5.15 Å². The first-order valence-electron chi connectivity index (χ1n) is 5.79. The summed E-state index contributed by atoms with van der Waals surface area (Å²) in [7, 11) is 0. The van der Waals surface area contributed by atoms with Crippen molar-refractivity contribution in [3.8, 4) is 10.7 Å². The zero-order valence-electron chi connectivity index (χ0n) is 9.85. The zero-order chi connectivity index (χ0) is 12.5. The fourth-order valence-electron chi connectivity index (χ4n) is 1.84. The van der Waals surface area contributed by atoms with Gasteiger partial charge in [0.25, 0.3) is 0 Å².